The van der Waals surface area contributed by atoms with Gasteiger partial charge in [0.1, 0.15) is 0 Å². The Kier molecular flexibility index (Phi) is 5.09. The van der Waals surface area contributed by atoms with Gasteiger partial charge in [-0.15, -0.1) is 0 Å². The van der Waals surface area contributed by atoms with Gasteiger partial charge >= 0.3 is 0 Å². The first kappa shape index (κ1) is 17.1. The standard InChI is InChI=1S/C19H22N4O2/c1-20-18(24)15-6-3-5-14(11-15)17-13-23(10-9-22(17)2)19(25)16-7-4-8-21-12-16/h3-8,11-12,17H,9-10,13H2,1-2H3,(H,20,24)/t17-/m0/s1. The second kappa shape index (κ2) is 7.44. The Hall–Kier alpha value is -2.73. The minimum Gasteiger partial charge on any atom is -0.355 e. The molecule has 0 radical (unpaired) electrons. The molecule has 0 aliphatic carbocycles. The van der Waals surface area contributed by atoms with Gasteiger partial charge in [-0.05, 0) is 36.9 Å². The van der Waals surface area contributed by atoms with Crippen LogP contribution in [0.15, 0.2) is 48.8 Å². The van der Waals surface area contributed by atoms with Gasteiger partial charge in [0.2, 0.25) is 0 Å². The molecule has 130 valence electrons. The molecule has 1 fully saturated rings. The molecule has 6 nitrogen and oxygen atoms in total. The SMILES string of the molecule is CNC(=O)c1cccc([C@@H]2CN(C(=O)c3cccnc3)CCN2C)c1. The second-order valence-corrected chi connectivity index (χ2v) is 6.19. The zero-order valence-corrected chi connectivity index (χ0v) is 14.5. The van der Waals surface area contributed by atoms with Crippen molar-refractivity contribution in [3.05, 3.63) is 65.5 Å². The molecule has 1 aliphatic heterocycles. The van der Waals surface area contributed by atoms with Crippen LogP contribution in [0.1, 0.15) is 32.3 Å². The van der Waals surface area contributed by atoms with Gasteiger partial charge in [-0.3, -0.25) is 19.5 Å². The Morgan fingerprint density at radius 1 is 1.16 bits per heavy atom. The predicted molar refractivity (Wildman–Crippen MR) is 95.3 cm³/mol. The van der Waals surface area contributed by atoms with E-state index >= 15 is 0 Å². The maximum Gasteiger partial charge on any atom is 0.255 e. The summed E-state index contributed by atoms with van der Waals surface area (Å²) in [4.78, 5) is 32.7. The van der Waals surface area contributed by atoms with E-state index in [4.69, 9.17) is 0 Å². The third kappa shape index (κ3) is 3.69. The molecular weight excluding hydrogens is 316 g/mol. The number of rotatable bonds is 3. The highest BCUT2D eigenvalue weighted by Crippen LogP contribution is 2.25. The van der Waals surface area contributed by atoms with E-state index in [1.807, 2.05) is 30.1 Å². The summed E-state index contributed by atoms with van der Waals surface area (Å²) in [7, 11) is 3.67. The van der Waals surface area contributed by atoms with Gasteiger partial charge in [0.25, 0.3) is 11.8 Å². The molecule has 1 aromatic heterocycles. The fraction of sp³-hybridized carbons (Fsp3) is 0.316. The van der Waals surface area contributed by atoms with E-state index in [9.17, 15) is 9.59 Å². The first-order chi connectivity index (χ1) is 12.1. The molecule has 25 heavy (non-hydrogen) atoms. The normalized spacial score (nSPS) is 18.0. The lowest BCUT2D eigenvalue weighted by Crippen LogP contribution is -2.49. The molecule has 3 rings (SSSR count). The van der Waals surface area contributed by atoms with Crippen LogP contribution in [0.4, 0.5) is 0 Å². The molecule has 0 bridgehead atoms. The largest absolute Gasteiger partial charge is 0.355 e. The third-order valence-corrected chi connectivity index (χ3v) is 4.60. The first-order valence-electron chi connectivity index (χ1n) is 8.31. The topological polar surface area (TPSA) is 65.5 Å². The predicted octanol–water partition coefficient (Wildman–Crippen LogP) is 1.57. The van der Waals surface area contributed by atoms with Crippen molar-refractivity contribution in [2.24, 2.45) is 0 Å². The fourth-order valence-corrected chi connectivity index (χ4v) is 3.12. The van der Waals surface area contributed by atoms with Gasteiger partial charge in [-0.2, -0.15) is 0 Å². The molecule has 2 amide bonds. The molecule has 1 aromatic carbocycles. The van der Waals surface area contributed by atoms with Crippen molar-refractivity contribution in [2.75, 3.05) is 33.7 Å². The third-order valence-electron chi connectivity index (χ3n) is 4.60. The molecule has 0 saturated carbocycles. The maximum absolute atomic E-state index is 12.7. The molecule has 1 saturated heterocycles. The van der Waals surface area contributed by atoms with Crippen LogP contribution < -0.4 is 5.32 Å². The lowest BCUT2D eigenvalue weighted by molar-refractivity contribution is 0.0545. The van der Waals surface area contributed by atoms with Crippen molar-refractivity contribution in [1.29, 1.82) is 0 Å². The molecule has 1 N–H and O–H groups in total. The Morgan fingerprint density at radius 2 is 1.96 bits per heavy atom. The number of carbonyl (C=O) groups excluding carboxylic acids is 2. The number of hydrogen-bond acceptors (Lipinski definition) is 4. The van der Waals surface area contributed by atoms with E-state index in [0.29, 0.717) is 24.2 Å². The average molecular weight is 338 g/mol. The van der Waals surface area contributed by atoms with Crippen molar-refractivity contribution in [1.82, 2.24) is 20.1 Å². The van der Waals surface area contributed by atoms with E-state index in [1.54, 1.807) is 37.6 Å². The molecule has 0 unspecified atom stereocenters. The van der Waals surface area contributed by atoms with Crippen molar-refractivity contribution in [2.45, 2.75) is 6.04 Å². The Labute approximate surface area is 147 Å². The number of piperazine rings is 1. The molecule has 2 aromatic rings. The van der Waals surface area contributed by atoms with Gasteiger partial charge in [0.15, 0.2) is 0 Å². The van der Waals surface area contributed by atoms with Crippen molar-refractivity contribution >= 4 is 11.8 Å². The summed E-state index contributed by atoms with van der Waals surface area (Å²) in [6.07, 6.45) is 3.26. The Bertz CT molecular complexity index is 763. The van der Waals surface area contributed by atoms with E-state index in [2.05, 4.69) is 15.2 Å². The van der Waals surface area contributed by atoms with Crippen LogP contribution in [-0.2, 0) is 0 Å². The highest BCUT2D eigenvalue weighted by atomic mass is 16.2. The minimum atomic E-state index is -0.108. The van der Waals surface area contributed by atoms with Crippen LogP contribution in [0, 0.1) is 0 Å². The number of likely N-dealkylation sites (N-methyl/N-ethyl adjacent to an activating group) is 1. The Balaban J connectivity index is 1.82. The molecule has 1 aliphatic rings. The average Bonchev–Trinajstić information content (AvgIpc) is 2.68. The maximum atomic E-state index is 12.7. The lowest BCUT2D eigenvalue weighted by Gasteiger charge is -2.39. The lowest BCUT2D eigenvalue weighted by atomic mass is 10.00. The smallest absolute Gasteiger partial charge is 0.255 e. The summed E-state index contributed by atoms with van der Waals surface area (Å²) in [6.45, 7) is 2.04. The van der Waals surface area contributed by atoms with Crippen LogP contribution in [-0.4, -0.2) is 60.3 Å². The minimum absolute atomic E-state index is 0.00587. The molecule has 1 atom stereocenters. The molecule has 6 heteroatoms. The Morgan fingerprint density at radius 3 is 2.68 bits per heavy atom. The molecule has 2 heterocycles. The summed E-state index contributed by atoms with van der Waals surface area (Å²) in [5.41, 5.74) is 2.27. The zero-order chi connectivity index (χ0) is 17.8. The number of carbonyl (C=O) groups is 2. The number of aromatic nitrogens is 1. The second-order valence-electron chi connectivity index (χ2n) is 6.19. The number of nitrogens with one attached hydrogen (secondary N) is 1. The van der Waals surface area contributed by atoms with E-state index in [-0.39, 0.29) is 17.9 Å². The summed E-state index contributed by atoms with van der Waals surface area (Å²) in [5, 5.41) is 2.65. The van der Waals surface area contributed by atoms with Crippen LogP contribution in [0.3, 0.4) is 0 Å². The summed E-state index contributed by atoms with van der Waals surface area (Å²) < 4.78 is 0. The van der Waals surface area contributed by atoms with Crippen LogP contribution in [0.2, 0.25) is 0 Å². The number of nitrogens with zero attached hydrogens (tertiary/aromatic N) is 3. The highest BCUT2D eigenvalue weighted by Gasteiger charge is 2.29. The highest BCUT2D eigenvalue weighted by molar-refractivity contribution is 5.94. The van der Waals surface area contributed by atoms with Gasteiger partial charge in [-0.1, -0.05) is 12.1 Å². The number of pyridine rings is 1. The summed E-state index contributed by atoms with van der Waals surface area (Å²) >= 11 is 0. The monoisotopic (exact) mass is 338 g/mol. The van der Waals surface area contributed by atoms with Gasteiger partial charge in [0, 0.05) is 44.6 Å². The number of hydrogen-bond donors (Lipinski definition) is 1. The van der Waals surface area contributed by atoms with Gasteiger partial charge < -0.3 is 10.2 Å². The van der Waals surface area contributed by atoms with Crippen LogP contribution in [0.5, 0.6) is 0 Å². The zero-order valence-electron chi connectivity index (χ0n) is 14.5. The number of benzene rings is 1. The van der Waals surface area contributed by atoms with E-state index < -0.39 is 0 Å². The van der Waals surface area contributed by atoms with Crippen LogP contribution in [0.25, 0.3) is 0 Å². The summed E-state index contributed by atoms with van der Waals surface area (Å²) in [5.74, 6) is -0.114. The molecule has 0 spiro atoms. The van der Waals surface area contributed by atoms with Gasteiger partial charge in [-0.25, -0.2) is 0 Å². The summed E-state index contributed by atoms with van der Waals surface area (Å²) in [6, 6.07) is 11.2. The van der Waals surface area contributed by atoms with E-state index in [0.717, 1.165) is 12.1 Å². The quantitative estimate of drug-likeness (QED) is 0.923. The van der Waals surface area contributed by atoms with Crippen LogP contribution >= 0.6 is 0 Å². The first-order valence-corrected chi connectivity index (χ1v) is 8.31. The van der Waals surface area contributed by atoms with Crippen molar-refractivity contribution in [3.8, 4) is 0 Å². The molecular formula is C19H22N4O2. The van der Waals surface area contributed by atoms with Crippen molar-refractivity contribution in [3.63, 3.8) is 0 Å². The van der Waals surface area contributed by atoms with E-state index in [1.165, 1.54) is 0 Å². The van der Waals surface area contributed by atoms with Crippen molar-refractivity contribution < 1.29 is 9.59 Å². The van der Waals surface area contributed by atoms with Gasteiger partial charge in [0.05, 0.1) is 11.6 Å². The fourth-order valence-electron chi connectivity index (χ4n) is 3.12. The number of amides is 2.